The van der Waals surface area contributed by atoms with E-state index in [1.807, 2.05) is 13.0 Å². The molecule has 0 saturated carbocycles. The molecule has 16 heavy (non-hydrogen) atoms. The van der Waals surface area contributed by atoms with Crippen LogP contribution in [0.2, 0.25) is 0 Å². The van der Waals surface area contributed by atoms with E-state index in [1.165, 1.54) is 23.1 Å². The Morgan fingerprint density at radius 3 is 3.19 bits per heavy atom. The van der Waals surface area contributed by atoms with Gasteiger partial charge in [-0.15, -0.1) is 11.3 Å². The number of aromatic nitrogens is 2. The summed E-state index contributed by atoms with van der Waals surface area (Å²) < 4.78 is 0. The lowest BCUT2D eigenvalue weighted by atomic mass is 10.4. The van der Waals surface area contributed by atoms with Crippen LogP contribution in [0.5, 0.6) is 0 Å². The van der Waals surface area contributed by atoms with Gasteiger partial charge in [-0.2, -0.15) is 0 Å². The van der Waals surface area contributed by atoms with E-state index in [-0.39, 0.29) is 12.2 Å². The maximum Gasteiger partial charge on any atom is 0.260 e. The van der Waals surface area contributed by atoms with Crippen molar-refractivity contribution in [2.45, 2.75) is 18.5 Å². The van der Waals surface area contributed by atoms with Gasteiger partial charge in [-0.25, -0.2) is 4.98 Å². The van der Waals surface area contributed by atoms with Gasteiger partial charge in [0, 0.05) is 17.2 Å². The summed E-state index contributed by atoms with van der Waals surface area (Å²) in [5.41, 5.74) is -0.0825. The third-order valence-electron chi connectivity index (χ3n) is 2.05. The molecule has 0 radical (unpaired) electrons. The van der Waals surface area contributed by atoms with Crippen LogP contribution in [0.1, 0.15) is 11.3 Å². The van der Waals surface area contributed by atoms with Gasteiger partial charge in [0.25, 0.3) is 5.56 Å². The van der Waals surface area contributed by atoms with E-state index in [2.05, 4.69) is 9.97 Å². The largest absolute Gasteiger partial charge is 0.396 e. The molecule has 2 N–H and O–H groups in total. The van der Waals surface area contributed by atoms with Crippen molar-refractivity contribution >= 4 is 33.3 Å². The molecule has 0 bridgehead atoms. The number of hydrogen-bond acceptors (Lipinski definition) is 5. The Labute approximate surface area is 101 Å². The van der Waals surface area contributed by atoms with E-state index >= 15 is 0 Å². The van der Waals surface area contributed by atoms with E-state index in [0.29, 0.717) is 17.0 Å². The fourth-order valence-electron chi connectivity index (χ4n) is 1.33. The summed E-state index contributed by atoms with van der Waals surface area (Å²) in [6, 6.07) is 1.86. The minimum Gasteiger partial charge on any atom is -0.396 e. The second-order valence-electron chi connectivity index (χ2n) is 3.37. The second kappa shape index (κ2) is 4.99. The maximum atomic E-state index is 11.7. The molecule has 0 aliphatic rings. The van der Waals surface area contributed by atoms with Crippen LogP contribution < -0.4 is 5.56 Å². The number of thioether (sulfide) groups is 1. The first-order valence-corrected chi connectivity index (χ1v) is 6.75. The van der Waals surface area contributed by atoms with Crippen molar-refractivity contribution in [1.82, 2.24) is 9.97 Å². The average molecular weight is 256 g/mol. The van der Waals surface area contributed by atoms with E-state index in [4.69, 9.17) is 5.11 Å². The van der Waals surface area contributed by atoms with Crippen molar-refractivity contribution in [2.24, 2.45) is 0 Å². The number of H-pyrrole nitrogens is 1. The summed E-state index contributed by atoms with van der Waals surface area (Å²) in [5, 5.41) is 9.96. The van der Waals surface area contributed by atoms with Crippen molar-refractivity contribution in [1.29, 1.82) is 0 Å². The van der Waals surface area contributed by atoms with Gasteiger partial charge < -0.3 is 10.1 Å². The van der Waals surface area contributed by atoms with Gasteiger partial charge in [-0.05, 0) is 19.4 Å². The molecule has 0 aliphatic carbocycles. The molecule has 6 heteroatoms. The number of nitrogens with zero attached hydrogens (tertiary/aromatic N) is 1. The first-order chi connectivity index (χ1) is 7.70. The number of thiophene rings is 1. The number of aliphatic hydroxyl groups is 1. The third kappa shape index (κ3) is 2.45. The number of hydrogen-bond donors (Lipinski definition) is 2. The number of rotatable bonds is 4. The highest BCUT2D eigenvalue weighted by molar-refractivity contribution is 7.99. The molecule has 0 aromatic carbocycles. The lowest BCUT2D eigenvalue weighted by Gasteiger charge is -1.98. The van der Waals surface area contributed by atoms with Gasteiger partial charge >= 0.3 is 0 Å². The second-order valence-corrected chi connectivity index (χ2v) is 5.69. The quantitative estimate of drug-likeness (QED) is 0.497. The van der Waals surface area contributed by atoms with Crippen molar-refractivity contribution in [3.8, 4) is 0 Å². The van der Waals surface area contributed by atoms with Crippen LogP contribution in [0, 0.1) is 6.92 Å². The Morgan fingerprint density at radius 1 is 1.62 bits per heavy atom. The SMILES string of the molecule is Cc1cc2c(=O)[nH]c(SCCCO)nc2s1. The molecule has 4 nitrogen and oxygen atoms in total. The Kier molecular flexibility index (Phi) is 3.63. The van der Waals surface area contributed by atoms with E-state index in [9.17, 15) is 4.79 Å². The molecule has 0 amide bonds. The zero-order valence-electron chi connectivity index (χ0n) is 8.82. The van der Waals surface area contributed by atoms with E-state index in [0.717, 1.165) is 15.5 Å². The molecule has 0 fully saturated rings. The predicted octanol–water partition coefficient (Wildman–Crippen LogP) is 1.77. The molecule has 2 heterocycles. The highest BCUT2D eigenvalue weighted by Crippen LogP contribution is 2.22. The van der Waals surface area contributed by atoms with Crippen LogP contribution in [-0.4, -0.2) is 27.4 Å². The van der Waals surface area contributed by atoms with Crippen LogP contribution in [0.3, 0.4) is 0 Å². The molecular formula is C10H12N2O2S2. The average Bonchev–Trinajstić information content (AvgIpc) is 2.60. The monoisotopic (exact) mass is 256 g/mol. The summed E-state index contributed by atoms with van der Waals surface area (Å²) in [7, 11) is 0. The first-order valence-electron chi connectivity index (χ1n) is 4.95. The van der Waals surface area contributed by atoms with Crippen molar-refractivity contribution < 1.29 is 5.11 Å². The smallest absolute Gasteiger partial charge is 0.260 e. The molecule has 0 atom stereocenters. The molecule has 0 saturated heterocycles. The molecule has 2 aromatic rings. The van der Waals surface area contributed by atoms with Gasteiger partial charge in [0.15, 0.2) is 5.16 Å². The molecule has 2 aromatic heterocycles. The topological polar surface area (TPSA) is 66.0 Å². The van der Waals surface area contributed by atoms with Crippen molar-refractivity contribution in [3.63, 3.8) is 0 Å². The van der Waals surface area contributed by atoms with Gasteiger partial charge in [-0.3, -0.25) is 4.79 Å². The van der Waals surface area contributed by atoms with Gasteiger partial charge in [0.05, 0.1) is 5.39 Å². The summed E-state index contributed by atoms with van der Waals surface area (Å²) in [6.45, 7) is 2.13. The summed E-state index contributed by atoms with van der Waals surface area (Å²) in [4.78, 5) is 20.7. The van der Waals surface area contributed by atoms with E-state index < -0.39 is 0 Å². The third-order valence-corrected chi connectivity index (χ3v) is 3.95. The Morgan fingerprint density at radius 2 is 2.44 bits per heavy atom. The summed E-state index contributed by atoms with van der Waals surface area (Å²) >= 11 is 2.99. The lowest BCUT2D eigenvalue weighted by molar-refractivity contribution is 0.296. The molecular weight excluding hydrogens is 244 g/mol. The maximum absolute atomic E-state index is 11.7. The first kappa shape index (κ1) is 11.6. The van der Waals surface area contributed by atoms with Crippen molar-refractivity contribution in [3.05, 3.63) is 21.3 Å². The highest BCUT2D eigenvalue weighted by atomic mass is 32.2. The van der Waals surface area contributed by atoms with Gasteiger partial charge in [0.2, 0.25) is 0 Å². The number of nitrogens with one attached hydrogen (secondary N) is 1. The van der Waals surface area contributed by atoms with Gasteiger partial charge in [-0.1, -0.05) is 11.8 Å². The molecule has 2 rings (SSSR count). The predicted molar refractivity (Wildman–Crippen MR) is 67.4 cm³/mol. The lowest BCUT2D eigenvalue weighted by Crippen LogP contribution is -2.07. The zero-order chi connectivity index (χ0) is 11.5. The van der Waals surface area contributed by atoms with Crippen LogP contribution >= 0.6 is 23.1 Å². The van der Waals surface area contributed by atoms with Crippen LogP contribution in [-0.2, 0) is 0 Å². The highest BCUT2D eigenvalue weighted by Gasteiger charge is 2.06. The van der Waals surface area contributed by atoms with Crippen molar-refractivity contribution in [2.75, 3.05) is 12.4 Å². The van der Waals surface area contributed by atoms with Crippen LogP contribution in [0.25, 0.3) is 10.2 Å². The molecule has 0 aliphatic heterocycles. The van der Waals surface area contributed by atoms with Crippen LogP contribution in [0.4, 0.5) is 0 Å². The number of fused-ring (bicyclic) bond motifs is 1. The number of aliphatic hydroxyl groups excluding tert-OH is 1. The Bertz CT molecular complexity index is 547. The summed E-state index contributed by atoms with van der Waals surface area (Å²) in [6.07, 6.45) is 0.704. The summed E-state index contributed by atoms with van der Waals surface area (Å²) in [5.74, 6) is 0.759. The Hall–Kier alpha value is -0.850. The fourth-order valence-corrected chi connectivity index (χ4v) is 3.06. The fraction of sp³-hybridized carbons (Fsp3) is 0.400. The normalized spacial score (nSPS) is 11.1. The zero-order valence-corrected chi connectivity index (χ0v) is 10.5. The van der Waals surface area contributed by atoms with E-state index in [1.54, 1.807) is 0 Å². The Balaban J connectivity index is 2.30. The van der Waals surface area contributed by atoms with Gasteiger partial charge in [0.1, 0.15) is 4.83 Å². The standard InChI is InChI=1S/C10H12N2O2S2/c1-6-5-7-8(14)11-10(12-9(7)16-6)15-4-2-3-13/h5,13H,2-4H2,1H3,(H,11,12,14). The van der Waals surface area contributed by atoms with Crippen LogP contribution in [0.15, 0.2) is 16.0 Å². The molecule has 86 valence electrons. The minimum absolute atomic E-state index is 0.0825. The molecule has 0 spiro atoms. The minimum atomic E-state index is -0.0825. The molecule has 0 unspecified atom stereocenters. The number of aryl methyl sites for hydroxylation is 1. The number of aromatic amines is 1.